The number of carbonyl (C=O) groups is 1. The summed E-state index contributed by atoms with van der Waals surface area (Å²) in [5, 5.41) is 13.5. The van der Waals surface area contributed by atoms with E-state index in [-0.39, 0.29) is 11.3 Å². The SMILES string of the molecule is NCc1cccc(NC(=O)c2cc(Br)cc([N+](=O)[O-])c2)c1. The van der Waals surface area contributed by atoms with Crippen LogP contribution in [0, 0.1) is 10.1 Å². The van der Waals surface area contributed by atoms with Crippen molar-refractivity contribution in [3.63, 3.8) is 0 Å². The summed E-state index contributed by atoms with van der Waals surface area (Å²) < 4.78 is 0.470. The summed E-state index contributed by atoms with van der Waals surface area (Å²) in [6, 6.07) is 11.2. The van der Waals surface area contributed by atoms with Crippen molar-refractivity contribution in [2.45, 2.75) is 6.54 Å². The van der Waals surface area contributed by atoms with Crippen LogP contribution in [0.5, 0.6) is 0 Å². The summed E-state index contributed by atoms with van der Waals surface area (Å²) in [7, 11) is 0. The number of nitrogens with two attached hydrogens (primary N) is 1. The Hall–Kier alpha value is -2.25. The molecule has 2 aromatic carbocycles. The van der Waals surface area contributed by atoms with E-state index >= 15 is 0 Å². The lowest BCUT2D eigenvalue weighted by molar-refractivity contribution is -0.384. The Morgan fingerprint density at radius 3 is 2.71 bits per heavy atom. The first-order valence-electron chi connectivity index (χ1n) is 6.05. The molecule has 0 radical (unpaired) electrons. The third-order valence-corrected chi connectivity index (χ3v) is 3.23. The van der Waals surface area contributed by atoms with Crippen LogP contribution in [-0.2, 0) is 6.54 Å². The number of nitro groups is 1. The minimum atomic E-state index is -0.545. The average Bonchev–Trinajstić information content (AvgIpc) is 2.46. The van der Waals surface area contributed by atoms with Crippen LogP contribution in [-0.4, -0.2) is 10.8 Å². The van der Waals surface area contributed by atoms with Crippen LogP contribution in [0.2, 0.25) is 0 Å². The highest BCUT2D eigenvalue weighted by atomic mass is 79.9. The van der Waals surface area contributed by atoms with Gasteiger partial charge in [0.15, 0.2) is 0 Å². The van der Waals surface area contributed by atoms with Crippen molar-refractivity contribution >= 4 is 33.2 Å². The van der Waals surface area contributed by atoms with Crippen LogP contribution < -0.4 is 11.1 Å². The first-order valence-corrected chi connectivity index (χ1v) is 6.84. The summed E-state index contributed by atoms with van der Waals surface area (Å²) >= 11 is 3.16. The molecule has 7 heteroatoms. The maximum absolute atomic E-state index is 12.2. The second kappa shape index (κ2) is 6.47. The number of carbonyl (C=O) groups excluding carboxylic acids is 1. The van der Waals surface area contributed by atoms with E-state index in [4.69, 9.17) is 5.73 Å². The molecule has 108 valence electrons. The standard InChI is InChI=1S/C14H12BrN3O3/c15-11-5-10(6-13(7-11)18(20)21)14(19)17-12-3-1-2-9(4-12)8-16/h1-7H,8,16H2,(H,17,19). The molecule has 0 aliphatic carbocycles. The Morgan fingerprint density at radius 2 is 2.05 bits per heavy atom. The summed E-state index contributed by atoms with van der Waals surface area (Å²) in [6.45, 7) is 0.367. The van der Waals surface area contributed by atoms with E-state index in [9.17, 15) is 14.9 Å². The molecule has 2 aromatic rings. The van der Waals surface area contributed by atoms with Crippen molar-refractivity contribution in [2.24, 2.45) is 5.73 Å². The molecule has 0 unspecified atom stereocenters. The summed E-state index contributed by atoms with van der Waals surface area (Å²) in [4.78, 5) is 22.4. The number of benzene rings is 2. The number of nitrogens with one attached hydrogen (secondary N) is 1. The monoisotopic (exact) mass is 349 g/mol. The lowest BCUT2D eigenvalue weighted by atomic mass is 10.1. The minimum absolute atomic E-state index is 0.148. The fourth-order valence-corrected chi connectivity index (χ4v) is 2.27. The third-order valence-electron chi connectivity index (χ3n) is 2.78. The molecule has 0 spiro atoms. The quantitative estimate of drug-likeness (QED) is 0.654. The largest absolute Gasteiger partial charge is 0.326 e. The van der Waals surface area contributed by atoms with Gasteiger partial charge in [-0.25, -0.2) is 0 Å². The van der Waals surface area contributed by atoms with Crippen LogP contribution in [0.3, 0.4) is 0 Å². The molecule has 6 nitrogen and oxygen atoms in total. The fraction of sp³-hybridized carbons (Fsp3) is 0.0714. The van der Waals surface area contributed by atoms with Crippen LogP contribution in [0.15, 0.2) is 46.9 Å². The van der Waals surface area contributed by atoms with Crippen molar-refractivity contribution in [1.29, 1.82) is 0 Å². The van der Waals surface area contributed by atoms with Gasteiger partial charge in [0, 0.05) is 34.4 Å². The topological polar surface area (TPSA) is 98.3 Å². The van der Waals surface area contributed by atoms with Crippen LogP contribution in [0.1, 0.15) is 15.9 Å². The van der Waals surface area contributed by atoms with Gasteiger partial charge in [-0.05, 0) is 23.8 Å². The zero-order valence-corrected chi connectivity index (χ0v) is 12.5. The number of hydrogen-bond donors (Lipinski definition) is 2. The number of anilines is 1. The summed E-state index contributed by atoms with van der Waals surface area (Å²) in [6.07, 6.45) is 0. The van der Waals surface area contributed by atoms with Crippen LogP contribution >= 0.6 is 15.9 Å². The maximum Gasteiger partial charge on any atom is 0.271 e. The lowest BCUT2D eigenvalue weighted by Gasteiger charge is -2.07. The number of nitro benzene ring substituents is 1. The van der Waals surface area contributed by atoms with Gasteiger partial charge in [-0.1, -0.05) is 28.1 Å². The average molecular weight is 350 g/mol. The highest BCUT2D eigenvalue weighted by Gasteiger charge is 2.14. The molecule has 0 saturated carbocycles. The molecule has 21 heavy (non-hydrogen) atoms. The number of rotatable bonds is 4. The number of non-ortho nitro benzene ring substituents is 1. The number of halogens is 1. The molecule has 0 aromatic heterocycles. The molecule has 0 saturated heterocycles. The third kappa shape index (κ3) is 3.87. The normalized spacial score (nSPS) is 10.2. The maximum atomic E-state index is 12.2. The van der Waals surface area contributed by atoms with Gasteiger partial charge in [0.05, 0.1) is 4.92 Å². The highest BCUT2D eigenvalue weighted by molar-refractivity contribution is 9.10. The van der Waals surface area contributed by atoms with E-state index < -0.39 is 10.8 Å². The van der Waals surface area contributed by atoms with Gasteiger partial charge >= 0.3 is 0 Å². The molecule has 0 heterocycles. The van der Waals surface area contributed by atoms with Gasteiger partial charge in [0.2, 0.25) is 0 Å². The van der Waals surface area contributed by atoms with Gasteiger partial charge in [-0.15, -0.1) is 0 Å². The molecule has 0 atom stereocenters. The van der Waals surface area contributed by atoms with E-state index in [2.05, 4.69) is 21.2 Å². The Kier molecular flexibility index (Phi) is 4.66. The van der Waals surface area contributed by atoms with Gasteiger partial charge < -0.3 is 11.1 Å². The molecular formula is C14H12BrN3O3. The molecule has 0 bridgehead atoms. The highest BCUT2D eigenvalue weighted by Crippen LogP contribution is 2.22. The Labute approximate surface area is 129 Å². The Bertz CT molecular complexity index is 704. The molecular weight excluding hydrogens is 338 g/mol. The van der Waals surface area contributed by atoms with Crippen LogP contribution in [0.25, 0.3) is 0 Å². The predicted molar refractivity (Wildman–Crippen MR) is 83.1 cm³/mol. The molecule has 0 aliphatic heterocycles. The van der Waals surface area contributed by atoms with Crippen molar-refractivity contribution in [3.05, 3.63) is 68.2 Å². The Balaban J connectivity index is 2.25. The number of hydrogen-bond acceptors (Lipinski definition) is 4. The van der Waals surface area contributed by atoms with Crippen molar-refractivity contribution in [2.75, 3.05) is 5.32 Å². The number of nitrogens with zero attached hydrogens (tertiary/aromatic N) is 1. The Morgan fingerprint density at radius 1 is 1.29 bits per heavy atom. The summed E-state index contributed by atoms with van der Waals surface area (Å²) in [5.41, 5.74) is 7.07. The van der Waals surface area contributed by atoms with E-state index in [1.165, 1.54) is 18.2 Å². The first kappa shape index (κ1) is 15.1. The zero-order chi connectivity index (χ0) is 15.4. The van der Waals surface area contributed by atoms with E-state index in [1.54, 1.807) is 18.2 Å². The van der Waals surface area contributed by atoms with Gasteiger partial charge in [0.1, 0.15) is 0 Å². The zero-order valence-electron chi connectivity index (χ0n) is 10.9. The molecule has 2 rings (SSSR count). The second-order valence-corrected chi connectivity index (χ2v) is 5.23. The van der Waals surface area contributed by atoms with E-state index in [0.29, 0.717) is 16.7 Å². The minimum Gasteiger partial charge on any atom is -0.326 e. The first-order chi connectivity index (χ1) is 9.99. The van der Waals surface area contributed by atoms with Crippen LogP contribution in [0.4, 0.5) is 11.4 Å². The van der Waals surface area contributed by atoms with Crippen molar-refractivity contribution in [1.82, 2.24) is 0 Å². The molecule has 3 N–H and O–H groups in total. The number of amides is 1. The fourth-order valence-electron chi connectivity index (χ4n) is 1.79. The van der Waals surface area contributed by atoms with Crippen molar-refractivity contribution < 1.29 is 9.72 Å². The molecule has 0 aliphatic rings. The van der Waals surface area contributed by atoms with Gasteiger partial charge in [-0.3, -0.25) is 14.9 Å². The van der Waals surface area contributed by atoms with Crippen molar-refractivity contribution in [3.8, 4) is 0 Å². The van der Waals surface area contributed by atoms with Gasteiger partial charge in [-0.2, -0.15) is 0 Å². The predicted octanol–water partition coefficient (Wildman–Crippen LogP) is 3.07. The molecule has 1 amide bonds. The lowest BCUT2D eigenvalue weighted by Crippen LogP contribution is -2.12. The van der Waals surface area contributed by atoms with E-state index in [0.717, 1.165) is 5.56 Å². The smallest absolute Gasteiger partial charge is 0.271 e. The second-order valence-electron chi connectivity index (χ2n) is 4.31. The summed E-state index contributed by atoms with van der Waals surface area (Å²) in [5.74, 6) is -0.423. The van der Waals surface area contributed by atoms with Gasteiger partial charge in [0.25, 0.3) is 11.6 Å². The van der Waals surface area contributed by atoms with E-state index in [1.807, 2.05) is 6.07 Å². The molecule has 0 fully saturated rings.